The third-order valence-electron chi connectivity index (χ3n) is 28.4. The van der Waals surface area contributed by atoms with Crippen LogP contribution in [0.4, 0.5) is 0 Å². The lowest BCUT2D eigenvalue weighted by Crippen LogP contribution is -2.00. The topological polar surface area (TPSA) is 192 Å². The molecule has 0 bridgehead atoms. The summed E-state index contributed by atoms with van der Waals surface area (Å²) in [4.78, 5) is 60.0. The molecule has 30 rings (SSSR count). The van der Waals surface area contributed by atoms with Crippen LogP contribution < -0.4 is 0 Å². The fraction of sp³-hybridized carbons (Fsp3) is 0.0625. The summed E-state index contributed by atoms with van der Waals surface area (Å²) >= 11 is 0. The summed E-state index contributed by atoms with van der Waals surface area (Å²) in [5, 5.41) is 4.26. The largest absolute Gasteiger partial charge is 0.324 e. The van der Waals surface area contributed by atoms with E-state index in [-0.39, 0.29) is 0 Å². The summed E-state index contributed by atoms with van der Waals surface area (Å²) in [5.41, 5.74) is 41.1. The van der Waals surface area contributed by atoms with Crippen molar-refractivity contribution in [2.45, 2.75) is 53.6 Å². The highest BCUT2D eigenvalue weighted by Gasteiger charge is 2.26. The smallest absolute Gasteiger partial charge is 0.141 e. The Morgan fingerprint density at radius 3 is 0.858 bits per heavy atom. The van der Waals surface area contributed by atoms with Gasteiger partial charge < -0.3 is 9.13 Å². The van der Waals surface area contributed by atoms with Crippen molar-refractivity contribution in [3.63, 3.8) is 0 Å². The zero-order chi connectivity index (χ0) is 98.6. The Labute approximate surface area is 848 Å². The second kappa shape index (κ2) is 36.4. The highest BCUT2D eigenvalue weighted by atomic mass is 15.1. The molecular formula is C128H92N20. The molecule has 16 aromatic heterocycles. The highest BCUT2D eigenvalue weighted by molar-refractivity contribution is 6.13. The molecule has 0 radical (unpaired) electrons. The van der Waals surface area contributed by atoms with Crippen LogP contribution in [0.3, 0.4) is 0 Å². The van der Waals surface area contributed by atoms with Gasteiger partial charge in [0.25, 0.3) is 0 Å². The van der Waals surface area contributed by atoms with Gasteiger partial charge in [-0.15, -0.1) is 0 Å². The van der Waals surface area contributed by atoms with Gasteiger partial charge in [0.05, 0.1) is 111 Å². The van der Waals surface area contributed by atoms with Crippen LogP contribution in [0.5, 0.6) is 0 Å². The molecule has 30 aromatic rings. The maximum absolute atomic E-state index is 5.15. The number of nitrogens with zero attached hydrogens (tertiary/aromatic N) is 20. The Balaban J connectivity index is 0.0000000977. The summed E-state index contributed by atoms with van der Waals surface area (Å²) in [6.07, 6.45) is 9.98. The standard InChI is InChI=1S/2C35H25N5.2C29H21N5/c1-2-39-30-15-6-5-14-29(30)37-35(39)24-19-17-23(18-20-24)25-10-9-11-26(22-25)32-34-33(27-12-3-4-13-28(27)36-32)38-31-16-7-8-21-40(31)34;1-2-31-36-29-14-5-6-15-30(29)40(31)26-11-9-10-25(22-26)23-17-19-24(20-18-23)33-35-34(27-12-3-4-13-28(27)37-33)38-32-16-7-8-21-39(32)35;1-2-33-24-15-6-5-14-23(24)31-29(33)20-11-9-10-19(18-20)26-28-27(21-12-3-4-13-22(21)30-26)32-25-16-7-8-17-34(25)28;1-2-25-30-23-11-5-6-12-24(23)34(25)20-16-14-19(15-17-20)27-29-28(21-9-3-4-10-22(21)31-27)32-26-13-7-8-18-33(26)29/h2*3-22H,2H2,1H3;2*3-18H,2H2,1H3. The van der Waals surface area contributed by atoms with Gasteiger partial charge in [-0.2, -0.15) is 0 Å². The number of aryl methyl sites for hydroxylation is 4. The summed E-state index contributed by atoms with van der Waals surface area (Å²) in [7, 11) is 0. The molecule has 704 valence electrons. The Bertz CT molecular complexity index is 10500. The van der Waals surface area contributed by atoms with Crippen LogP contribution in [-0.4, -0.2) is 95.7 Å². The molecule has 0 amide bonds. The first-order valence-electron chi connectivity index (χ1n) is 50.3. The molecule has 0 atom stereocenters. The van der Waals surface area contributed by atoms with Crippen molar-refractivity contribution in [1.29, 1.82) is 0 Å². The number of rotatable bonds is 14. The van der Waals surface area contributed by atoms with Gasteiger partial charge in [-0.1, -0.05) is 269 Å². The quantitative estimate of drug-likeness (QED) is 0.100. The molecule has 16 heterocycles. The normalized spacial score (nSPS) is 11.8. The van der Waals surface area contributed by atoms with E-state index < -0.39 is 0 Å². The minimum Gasteiger partial charge on any atom is -0.324 e. The van der Waals surface area contributed by atoms with Gasteiger partial charge in [0, 0.05) is 117 Å². The van der Waals surface area contributed by atoms with Gasteiger partial charge >= 0.3 is 0 Å². The van der Waals surface area contributed by atoms with Gasteiger partial charge in [-0.3, -0.25) is 26.7 Å². The summed E-state index contributed by atoms with van der Waals surface area (Å²) in [6, 6.07) is 143. The minimum atomic E-state index is 0.853. The van der Waals surface area contributed by atoms with E-state index in [1.54, 1.807) is 0 Å². The molecule has 0 fully saturated rings. The minimum absolute atomic E-state index is 0.853. The van der Waals surface area contributed by atoms with E-state index in [0.717, 1.165) is 288 Å². The number of pyridine rings is 8. The Morgan fingerprint density at radius 2 is 0.473 bits per heavy atom. The Morgan fingerprint density at radius 1 is 0.189 bits per heavy atom. The first kappa shape index (κ1) is 87.4. The molecule has 0 aliphatic carbocycles. The molecule has 0 N–H and O–H groups in total. The first-order valence-corrected chi connectivity index (χ1v) is 50.3. The summed E-state index contributed by atoms with van der Waals surface area (Å²) in [6.45, 7) is 10.4. The maximum atomic E-state index is 5.15. The molecule has 14 aromatic carbocycles. The first-order chi connectivity index (χ1) is 73.2. The molecule has 0 aliphatic rings. The highest BCUT2D eigenvalue weighted by Crippen LogP contribution is 2.43. The van der Waals surface area contributed by atoms with Crippen LogP contribution in [0.2, 0.25) is 0 Å². The van der Waals surface area contributed by atoms with E-state index in [4.69, 9.17) is 59.8 Å². The van der Waals surface area contributed by atoms with Crippen molar-refractivity contribution in [1.82, 2.24) is 95.7 Å². The van der Waals surface area contributed by atoms with Crippen molar-refractivity contribution >= 4 is 154 Å². The maximum Gasteiger partial charge on any atom is 0.141 e. The third-order valence-corrected chi connectivity index (χ3v) is 28.4. The summed E-state index contributed by atoms with van der Waals surface area (Å²) < 4.78 is 17.6. The van der Waals surface area contributed by atoms with Crippen LogP contribution in [0.25, 0.3) is 256 Å². The molecule has 0 unspecified atom stereocenters. The fourth-order valence-electron chi connectivity index (χ4n) is 21.5. The average Bonchev–Trinajstić information content (AvgIpc) is 1.58. The number of fused-ring (bicyclic) bond motifs is 24. The number of benzene rings is 14. The van der Waals surface area contributed by atoms with E-state index in [1.807, 2.05) is 146 Å². The number of aromatic nitrogens is 20. The monoisotopic (exact) mass is 1910 g/mol. The van der Waals surface area contributed by atoms with Gasteiger partial charge in [0.1, 0.15) is 68.0 Å². The zero-order valence-electron chi connectivity index (χ0n) is 81.3. The van der Waals surface area contributed by atoms with Gasteiger partial charge in [0.15, 0.2) is 0 Å². The van der Waals surface area contributed by atoms with E-state index >= 15 is 0 Å². The van der Waals surface area contributed by atoms with Crippen LogP contribution in [0.15, 0.2) is 437 Å². The lowest BCUT2D eigenvalue weighted by molar-refractivity contribution is 0.796. The molecule has 0 saturated heterocycles. The molecule has 0 aliphatic heterocycles. The van der Waals surface area contributed by atoms with E-state index in [9.17, 15) is 0 Å². The lowest BCUT2D eigenvalue weighted by atomic mass is 9.99. The number of hydrogen-bond donors (Lipinski definition) is 0. The number of imidazole rings is 8. The molecule has 0 spiro atoms. The van der Waals surface area contributed by atoms with Crippen LogP contribution in [0, 0.1) is 0 Å². The zero-order valence-corrected chi connectivity index (χ0v) is 81.3. The van der Waals surface area contributed by atoms with E-state index in [2.05, 4.69) is 355 Å². The summed E-state index contributed by atoms with van der Waals surface area (Å²) in [5.74, 6) is 4.09. The predicted molar refractivity (Wildman–Crippen MR) is 601 cm³/mol. The van der Waals surface area contributed by atoms with Gasteiger partial charge in [0.2, 0.25) is 0 Å². The van der Waals surface area contributed by atoms with Crippen LogP contribution in [-0.2, 0) is 25.9 Å². The molecule has 148 heavy (non-hydrogen) atoms. The molecule has 0 saturated carbocycles. The predicted octanol–water partition coefficient (Wildman–Crippen LogP) is 30.0. The average molecular weight is 1910 g/mol. The van der Waals surface area contributed by atoms with Crippen molar-refractivity contribution in [3.8, 4) is 101 Å². The van der Waals surface area contributed by atoms with Crippen molar-refractivity contribution in [2.75, 3.05) is 0 Å². The second-order valence-electron chi connectivity index (χ2n) is 37.0. The van der Waals surface area contributed by atoms with Gasteiger partial charge in [-0.25, -0.2) is 59.8 Å². The molecule has 20 nitrogen and oxygen atoms in total. The van der Waals surface area contributed by atoms with Crippen molar-refractivity contribution in [2.24, 2.45) is 0 Å². The van der Waals surface area contributed by atoms with Crippen LogP contribution >= 0.6 is 0 Å². The Hall–Kier alpha value is -19.6. The Kier molecular flexibility index (Phi) is 21.5. The molecule has 20 heteroatoms. The van der Waals surface area contributed by atoms with Crippen molar-refractivity contribution < 1.29 is 0 Å². The number of hydrogen-bond acceptors (Lipinski definition) is 12. The SMILES string of the molecule is CCc1nc2ccccc2n1-c1ccc(-c2nc3ccccc3c3nc4ccccn4c23)cc1.CCc1nc2ccccc2n1-c1cccc(-c2ccc(-c3nc4ccccc4c4nc5ccccn5c34)cc2)c1.CCn1c(-c2ccc(-c3cccc(-c4nc5ccccc5c5nc6ccccn6c45)c3)cc2)nc2ccccc21.CCn1c(-c2cccc(-c3nc4ccccc4c4nc5ccccn5c34)c2)nc2ccccc21. The third kappa shape index (κ3) is 15.0. The van der Waals surface area contributed by atoms with Crippen molar-refractivity contribution in [3.05, 3.63) is 449 Å². The van der Waals surface area contributed by atoms with Gasteiger partial charge in [-0.05, 0) is 194 Å². The molecular weight excluding hydrogens is 1820 g/mol. The van der Waals surface area contributed by atoms with E-state index in [0.29, 0.717) is 0 Å². The number of para-hydroxylation sites is 12. The second-order valence-corrected chi connectivity index (χ2v) is 37.0. The lowest BCUT2D eigenvalue weighted by Gasteiger charge is -2.11. The van der Waals surface area contributed by atoms with Crippen LogP contribution in [0.1, 0.15) is 39.3 Å². The van der Waals surface area contributed by atoms with E-state index in [1.165, 1.54) is 5.52 Å². The fourth-order valence-corrected chi connectivity index (χ4v) is 21.5.